The highest BCUT2D eigenvalue weighted by Crippen LogP contribution is 2.37. The van der Waals surface area contributed by atoms with Gasteiger partial charge >= 0.3 is 0 Å². The lowest BCUT2D eigenvalue weighted by atomic mass is 9.97. The third-order valence-corrected chi connectivity index (χ3v) is 2.30. The van der Waals surface area contributed by atoms with E-state index in [4.69, 9.17) is 4.74 Å². The fourth-order valence-corrected chi connectivity index (χ4v) is 1.42. The number of hydrogen-bond donors (Lipinski definition) is 1. The van der Waals surface area contributed by atoms with Crippen LogP contribution in [0.3, 0.4) is 0 Å². The topological polar surface area (TPSA) is 46.5 Å². The molecule has 0 spiro atoms. The molecule has 1 aromatic rings. The lowest BCUT2D eigenvalue weighted by Crippen LogP contribution is -1.98. The smallest absolute Gasteiger partial charge is 0.196 e. The zero-order chi connectivity index (χ0) is 11.4. The van der Waals surface area contributed by atoms with Gasteiger partial charge in [-0.15, -0.1) is 0 Å². The highest BCUT2D eigenvalue weighted by atomic mass is 19.1. The van der Waals surface area contributed by atoms with E-state index in [0.717, 1.165) is 6.29 Å². The van der Waals surface area contributed by atoms with Gasteiger partial charge < -0.3 is 14.6 Å². The molecule has 0 saturated carbocycles. The molecular formula is C11H13FO3. The molecule has 4 heteroatoms. The number of phenols is 1. The van der Waals surface area contributed by atoms with Crippen LogP contribution in [0.4, 0.5) is 4.39 Å². The maximum absolute atomic E-state index is 13.1. The number of carbonyl (C=O) groups excluding carboxylic acids is 1. The summed E-state index contributed by atoms with van der Waals surface area (Å²) in [6, 6.07) is 2.68. The maximum atomic E-state index is 13.1. The minimum atomic E-state index is -0.614. The molecule has 1 aromatic carbocycles. The second kappa shape index (κ2) is 4.77. The van der Waals surface area contributed by atoms with E-state index in [0.29, 0.717) is 5.56 Å². The summed E-state index contributed by atoms with van der Waals surface area (Å²) in [6.07, 6.45) is 1.04. The molecule has 0 bridgehead atoms. The predicted octanol–water partition coefficient (Wildman–Crippen LogP) is 2.23. The SMILES string of the molecule is COc1c(F)ccc(C(C)CC=O)c1O. The Morgan fingerprint density at radius 1 is 1.60 bits per heavy atom. The summed E-state index contributed by atoms with van der Waals surface area (Å²) in [5.41, 5.74) is 0.514. The van der Waals surface area contributed by atoms with Gasteiger partial charge in [0.2, 0.25) is 0 Å². The number of rotatable bonds is 4. The summed E-state index contributed by atoms with van der Waals surface area (Å²) in [5.74, 6) is -1.17. The molecule has 1 unspecified atom stereocenters. The van der Waals surface area contributed by atoms with E-state index >= 15 is 0 Å². The molecule has 3 nitrogen and oxygen atoms in total. The predicted molar refractivity (Wildman–Crippen MR) is 53.7 cm³/mol. The Labute approximate surface area is 87.5 Å². The normalized spacial score (nSPS) is 12.2. The van der Waals surface area contributed by atoms with Crippen LogP contribution in [0.1, 0.15) is 24.8 Å². The van der Waals surface area contributed by atoms with Crippen molar-refractivity contribution in [3.63, 3.8) is 0 Å². The van der Waals surface area contributed by atoms with E-state index < -0.39 is 5.82 Å². The van der Waals surface area contributed by atoms with Crippen LogP contribution < -0.4 is 4.74 Å². The monoisotopic (exact) mass is 212 g/mol. The van der Waals surface area contributed by atoms with E-state index in [-0.39, 0.29) is 23.8 Å². The summed E-state index contributed by atoms with van der Waals surface area (Å²) in [4.78, 5) is 10.3. The van der Waals surface area contributed by atoms with Gasteiger partial charge in [0.25, 0.3) is 0 Å². The van der Waals surface area contributed by atoms with Gasteiger partial charge in [-0.05, 0) is 12.0 Å². The first-order valence-corrected chi connectivity index (χ1v) is 4.60. The first-order valence-electron chi connectivity index (χ1n) is 4.60. The van der Waals surface area contributed by atoms with E-state index in [1.807, 2.05) is 0 Å². The number of methoxy groups -OCH3 is 1. The lowest BCUT2D eigenvalue weighted by Gasteiger charge is -2.13. The molecule has 0 aromatic heterocycles. The Hall–Kier alpha value is -1.58. The summed E-state index contributed by atoms with van der Waals surface area (Å²) in [7, 11) is 1.28. The molecule has 0 fully saturated rings. The lowest BCUT2D eigenvalue weighted by molar-refractivity contribution is -0.108. The molecule has 1 atom stereocenters. The van der Waals surface area contributed by atoms with Gasteiger partial charge in [-0.3, -0.25) is 0 Å². The van der Waals surface area contributed by atoms with Crippen LogP contribution in [0.25, 0.3) is 0 Å². The van der Waals surface area contributed by atoms with E-state index in [1.165, 1.54) is 19.2 Å². The van der Waals surface area contributed by atoms with Crippen LogP contribution in [0.5, 0.6) is 11.5 Å². The van der Waals surface area contributed by atoms with Crippen molar-refractivity contribution in [3.05, 3.63) is 23.5 Å². The molecule has 15 heavy (non-hydrogen) atoms. The largest absolute Gasteiger partial charge is 0.504 e. The molecular weight excluding hydrogens is 199 g/mol. The van der Waals surface area contributed by atoms with Gasteiger partial charge in [0.05, 0.1) is 7.11 Å². The molecule has 0 heterocycles. The van der Waals surface area contributed by atoms with Crippen LogP contribution in [0.15, 0.2) is 12.1 Å². The van der Waals surface area contributed by atoms with Crippen molar-refractivity contribution >= 4 is 6.29 Å². The summed E-state index contributed by atoms with van der Waals surface area (Å²) in [6.45, 7) is 1.78. The fraction of sp³-hybridized carbons (Fsp3) is 0.364. The Balaban J connectivity index is 3.14. The maximum Gasteiger partial charge on any atom is 0.196 e. The summed E-state index contributed by atoms with van der Waals surface area (Å²) >= 11 is 0. The van der Waals surface area contributed by atoms with Crippen molar-refractivity contribution in [2.75, 3.05) is 7.11 Å². The van der Waals surface area contributed by atoms with Gasteiger partial charge in [0.15, 0.2) is 17.3 Å². The molecule has 0 amide bonds. The quantitative estimate of drug-likeness (QED) is 0.778. The van der Waals surface area contributed by atoms with Crippen LogP contribution in [0, 0.1) is 5.82 Å². The average molecular weight is 212 g/mol. The van der Waals surface area contributed by atoms with Crippen molar-refractivity contribution in [2.24, 2.45) is 0 Å². The number of aldehydes is 1. The van der Waals surface area contributed by atoms with Gasteiger partial charge in [-0.1, -0.05) is 13.0 Å². The molecule has 0 saturated heterocycles. The Morgan fingerprint density at radius 3 is 2.80 bits per heavy atom. The van der Waals surface area contributed by atoms with Gasteiger partial charge in [-0.25, -0.2) is 4.39 Å². The number of benzene rings is 1. The summed E-state index contributed by atoms with van der Waals surface area (Å²) < 4.78 is 17.9. The molecule has 0 aliphatic rings. The Morgan fingerprint density at radius 2 is 2.27 bits per heavy atom. The average Bonchev–Trinajstić information content (AvgIpc) is 2.18. The van der Waals surface area contributed by atoms with Crippen LogP contribution >= 0.6 is 0 Å². The second-order valence-electron chi connectivity index (χ2n) is 3.32. The molecule has 0 radical (unpaired) electrons. The number of aromatic hydroxyl groups is 1. The van der Waals surface area contributed by atoms with Gasteiger partial charge in [0, 0.05) is 12.0 Å². The van der Waals surface area contributed by atoms with Crippen LogP contribution in [-0.4, -0.2) is 18.5 Å². The van der Waals surface area contributed by atoms with E-state index in [9.17, 15) is 14.3 Å². The first-order chi connectivity index (χ1) is 7.11. The Kier molecular flexibility index (Phi) is 3.66. The van der Waals surface area contributed by atoms with E-state index in [2.05, 4.69) is 0 Å². The molecule has 0 aliphatic carbocycles. The minimum absolute atomic E-state index is 0.156. The highest BCUT2D eigenvalue weighted by molar-refractivity contribution is 5.54. The highest BCUT2D eigenvalue weighted by Gasteiger charge is 2.17. The third kappa shape index (κ3) is 2.26. The number of phenolic OH excluding ortho intramolecular Hbond substituents is 1. The van der Waals surface area contributed by atoms with E-state index in [1.54, 1.807) is 6.92 Å². The zero-order valence-electron chi connectivity index (χ0n) is 8.66. The molecule has 1 N–H and O–H groups in total. The van der Waals surface area contributed by atoms with Crippen molar-refractivity contribution in [2.45, 2.75) is 19.3 Å². The standard InChI is InChI=1S/C11H13FO3/c1-7(5-6-13)8-3-4-9(12)11(15-2)10(8)14/h3-4,6-7,14H,5H2,1-2H3. The number of halogens is 1. The van der Waals surface area contributed by atoms with Crippen molar-refractivity contribution < 1.29 is 19.0 Å². The third-order valence-electron chi connectivity index (χ3n) is 2.30. The first kappa shape index (κ1) is 11.5. The van der Waals surface area contributed by atoms with Gasteiger partial charge in [-0.2, -0.15) is 0 Å². The minimum Gasteiger partial charge on any atom is -0.504 e. The number of hydrogen-bond acceptors (Lipinski definition) is 3. The Bertz CT molecular complexity index is 363. The second-order valence-corrected chi connectivity index (χ2v) is 3.32. The van der Waals surface area contributed by atoms with Crippen molar-refractivity contribution in [1.29, 1.82) is 0 Å². The fourth-order valence-electron chi connectivity index (χ4n) is 1.42. The molecule has 82 valence electrons. The number of carbonyl (C=O) groups is 1. The van der Waals surface area contributed by atoms with Gasteiger partial charge in [0.1, 0.15) is 6.29 Å². The number of ether oxygens (including phenoxy) is 1. The zero-order valence-corrected chi connectivity index (χ0v) is 8.66. The van der Waals surface area contributed by atoms with Crippen molar-refractivity contribution in [3.8, 4) is 11.5 Å². The van der Waals surface area contributed by atoms with Crippen LogP contribution in [0.2, 0.25) is 0 Å². The molecule has 0 aliphatic heterocycles. The van der Waals surface area contributed by atoms with Crippen LogP contribution in [-0.2, 0) is 4.79 Å². The molecule has 1 rings (SSSR count). The van der Waals surface area contributed by atoms with Crippen molar-refractivity contribution in [1.82, 2.24) is 0 Å². The summed E-state index contributed by atoms with van der Waals surface area (Å²) in [5, 5.41) is 9.69.